The van der Waals surface area contributed by atoms with Crippen LogP contribution in [0.3, 0.4) is 0 Å². The smallest absolute Gasteiger partial charge is 0.119 e. The van der Waals surface area contributed by atoms with Crippen molar-refractivity contribution < 1.29 is 9.47 Å². The van der Waals surface area contributed by atoms with Crippen molar-refractivity contribution in [3.63, 3.8) is 0 Å². The molecule has 0 aromatic heterocycles. The predicted octanol–water partition coefficient (Wildman–Crippen LogP) is 5.00. The SMILES string of the molecule is COc1cccc(COC(CBr)c2cccc(Cl)c2)c1. The Labute approximate surface area is 132 Å². The lowest BCUT2D eigenvalue weighted by atomic mass is 10.1. The number of methoxy groups -OCH3 is 1. The molecule has 0 saturated heterocycles. The molecule has 0 heterocycles. The Morgan fingerprint density at radius 1 is 1.15 bits per heavy atom. The van der Waals surface area contributed by atoms with Crippen molar-refractivity contribution in [3.8, 4) is 5.75 Å². The van der Waals surface area contributed by atoms with E-state index >= 15 is 0 Å². The summed E-state index contributed by atoms with van der Waals surface area (Å²) in [5.74, 6) is 0.837. The number of rotatable bonds is 6. The second-order valence-electron chi connectivity index (χ2n) is 4.36. The van der Waals surface area contributed by atoms with Crippen molar-refractivity contribution in [1.82, 2.24) is 0 Å². The lowest BCUT2D eigenvalue weighted by molar-refractivity contribution is 0.0565. The van der Waals surface area contributed by atoms with Gasteiger partial charge in [0, 0.05) is 10.4 Å². The van der Waals surface area contributed by atoms with Crippen LogP contribution in [0.5, 0.6) is 5.75 Å². The third-order valence-corrected chi connectivity index (χ3v) is 3.77. The van der Waals surface area contributed by atoms with Crippen LogP contribution in [-0.2, 0) is 11.3 Å². The van der Waals surface area contributed by atoms with Gasteiger partial charge in [-0.25, -0.2) is 0 Å². The van der Waals surface area contributed by atoms with Crippen molar-refractivity contribution in [3.05, 3.63) is 64.7 Å². The van der Waals surface area contributed by atoms with Gasteiger partial charge in [-0.05, 0) is 35.4 Å². The molecule has 0 bridgehead atoms. The first-order chi connectivity index (χ1) is 9.72. The minimum Gasteiger partial charge on any atom is -0.497 e. The van der Waals surface area contributed by atoms with E-state index in [0.717, 1.165) is 27.2 Å². The average molecular weight is 356 g/mol. The molecule has 0 radical (unpaired) electrons. The molecule has 0 saturated carbocycles. The summed E-state index contributed by atoms with van der Waals surface area (Å²) in [5, 5.41) is 1.44. The van der Waals surface area contributed by atoms with E-state index in [9.17, 15) is 0 Å². The van der Waals surface area contributed by atoms with Crippen molar-refractivity contribution >= 4 is 27.5 Å². The molecule has 1 unspecified atom stereocenters. The topological polar surface area (TPSA) is 18.5 Å². The van der Waals surface area contributed by atoms with Gasteiger partial charge in [-0.2, -0.15) is 0 Å². The zero-order valence-electron chi connectivity index (χ0n) is 11.2. The third kappa shape index (κ3) is 4.23. The van der Waals surface area contributed by atoms with Gasteiger partial charge in [0.15, 0.2) is 0 Å². The molecular weight excluding hydrogens is 340 g/mol. The van der Waals surface area contributed by atoms with Gasteiger partial charge >= 0.3 is 0 Å². The number of ether oxygens (including phenoxy) is 2. The lowest BCUT2D eigenvalue weighted by Gasteiger charge is -2.16. The normalized spacial score (nSPS) is 12.2. The molecule has 4 heteroatoms. The summed E-state index contributed by atoms with van der Waals surface area (Å²) >= 11 is 9.50. The van der Waals surface area contributed by atoms with Crippen LogP contribution in [0.4, 0.5) is 0 Å². The molecule has 106 valence electrons. The number of hydrogen-bond acceptors (Lipinski definition) is 2. The van der Waals surface area contributed by atoms with Crippen molar-refractivity contribution in [1.29, 1.82) is 0 Å². The number of halogens is 2. The van der Waals surface area contributed by atoms with E-state index in [4.69, 9.17) is 21.1 Å². The van der Waals surface area contributed by atoms with E-state index in [2.05, 4.69) is 15.9 Å². The summed E-state index contributed by atoms with van der Waals surface area (Å²) in [4.78, 5) is 0. The molecule has 0 aliphatic heterocycles. The van der Waals surface area contributed by atoms with E-state index in [-0.39, 0.29) is 6.10 Å². The summed E-state index contributed by atoms with van der Waals surface area (Å²) in [7, 11) is 1.66. The van der Waals surface area contributed by atoms with Gasteiger partial charge in [-0.1, -0.05) is 51.8 Å². The standard InChI is InChI=1S/C16H16BrClO2/c1-19-15-7-2-4-12(8-15)11-20-16(10-17)13-5-3-6-14(18)9-13/h2-9,16H,10-11H2,1H3. The van der Waals surface area contributed by atoms with E-state index in [1.54, 1.807) is 7.11 Å². The molecule has 0 spiro atoms. The molecule has 20 heavy (non-hydrogen) atoms. The fourth-order valence-electron chi connectivity index (χ4n) is 1.90. The molecule has 0 fully saturated rings. The van der Waals surface area contributed by atoms with Gasteiger partial charge in [0.2, 0.25) is 0 Å². The molecule has 0 aliphatic carbocycles. The minimum absolute atomic E-state index is 0.0279. The number of hydrogen-bond donors (Lipinski definition) is 0. The molecule has 0 amide bonds. The van der Waals surface area contributed by atoms with Crippen molar-refractivity contribution in [2.24, 2.45) is 0 Å². The highest BCUT2D eigenvalue weighted by atomic mass is 79.9. The van der Waals surface area contributed by atoms with E-state index in [0.29, 0.717) is 6.61 Å². The highest BCUT2D eigenvalue weighted by molar-refractivity contribution is 9.09. The third-order valence-electron chi connectivity index (χ3n) is 2.95. The maximum absolute atomic E-state index is 6.02. The van der Waals surface area contributed by atoms with E-state index in [1.165, 1.54) is 0 Å². The zero-order chi connectivity index (χ0) is 14.4. The van der Waals surface area contributed by atoms with Crippen LogP contribution in [0.25, 0.3) is 0 Å². The van der Waals surface area contributed by atoms with Crippen molar-refractivity contribution in [2.45, 2.75) is 12.7 Å². The van der Waals surface area contributed by atoms with Crippen molar-refractivity contribution in [2.75, 3.05) is 12.4 Å². The van der Waals surface area contributed by atoms with Gasteiger partial charge < -0.3 is 9.47 Å². The predicted molar refractivity (Wildman–Crippen MR) is 85.8 cm³/mol. The minimum atomic E-state index is -0.0279. The first-order valence-electron chi connectivity index (χ1n) is 6.29. The Balaban J connectivity index is 2.03. The summed E-state index contributed by atoms with van der Waals surface area (Å²) in [6.45, 7) is 0.528. The van der Waals surface area contributed by atoms with Gasteiger partial charge in [0.05, 0.1) is 19.8 Å². The summed E-state index contributed by atoms with van der Waals surface area (Å²) in [6, 6.07) is 15.6. The summed E-state index contributed by atoms with van der Waals surface area (Å²) < 4.78 is 11.2. The maximum Gasteiger partial charge on any atom is 0.119 e. The van der Waals surface area contributed by atoms with Crippen LogP contribution in [0, 0.1) is 0 Å². The first kappa shape index (κ1) is 15.4. The van der Waals surface area contributed by atoms with Crippen LogP contribution in [0.2, 0.25) is 5.02 Å². The largest absolute Gasteiger partial charge is 0.497 e. The Morgan fingerprint density at radius 3 is 2.65 bits per heavy atom. The highest BCUT2D eigenvalue weighted by Crippen LogP contribution is 2.24. The van der Waals surface area contributed by atoms with Crippen LogP contribution < -0.4 is 4.74 Å². The Hall–Kier alpha value is -1.03. The zero-order valence-corrected chi connectivity index (χ0v) is 13.5. The molecule has 2 rings (SSSR count). The fourth-order valence-corrected chi connectivity index (χ4v) is 2.66. The monoisotopic (exact) mass is 354 g/mol. The lowest BCUT2D eigenvalue weighted by Crippen LogP contribution is -2.06. The summed E-state index contributed by atoms with van der Waals surface area (Å²) in [6.07, 6.45) is -0.0279. The molecule has 2 aromatic rings. The molecule has 2 aromatic carbocycles. The first-order valence-corrected chi connectivity index (χ1v) is 7.79. The van der Waals surface area contributed by atoms with Crippen LogP contribution in [-0.4, -0.2) is 12.4 Å². The second kappa shape index (κ2) is 7.67. The van der Waals surface area contributed by atoms with E-state index in [1.807, 2.05) is 48.5 Å². The van der Waals surface area contributed by atoms with Crippen LogP contribution in [0.15, 0.2) is 48.5 Å². The Morgan fingerprint density at radius 2 is 1.95 bits per heavy atom. The second-order valence-corrected chi connectivity index (χ2v) is 5.44. The maximum atomic E-state index is 6.02. The number of benzene rings is 2. The van der Waals surface area contributed by atoms with Gasteiger partial charge in [-0.15, -0.1) is 0 Å². The molecule has 0 aliphatic rings. The summed E-state index contributed by atoms with van der Waals surface area (Å²) in [5.41, 5.74) is 2.15. The van der Waals surface area contributed by atoms with E-state index < -0.39 is 0 Å². The number of alkyl halides is 1. The molecule has 0 N–H and O–H groups in total. The Bertz CT molecular complexity index is 560. The Kier molecular flexibility index (Phi) is 5.89. The molecule has 1 atom stereocenters. The van der Waals surface area contributed by atoms with Crippen LogP contribution in [0.1, 0.15) is 17.2 Å². The van der Waals surface area contributed by atoms with Gasteiger partial charge in [-0.3, -0.25) is 0 Å². The van der Waals surface area contributed by atoms with Crippen LogP contribution >= 0.6 is 27.5 Å². The van der Waals surface area contributed by atoms with Gasteiger partial charge in [0.25, 0.3) is 0 Å². The molecule has 2 nitrogen and oxygen atoms in total. The quantitative estimate of drug-likeness (QED) is 0.679. The van der Waals surface area contributed by atoms with Gasteiger partial charge in [0.1, 0.15) is 5.75 Å². The average Bonchev–Trinajstić information content (AvgIpc) is 2.48. The fraction of sp³-hybridized carbons (Fsp3) is 0.250. The highest BCUT2D eigenvalue weighted by Gasteiger charge is 2.11. The molecular formula is C16H16BrClO2.